The topological polar surface area (TPSA) is 52.7 Å². The van der Waals surface area contributed by atoms with Gasteiger partial charge in [0.25, 0.3) is 5.56 Å². The second-order valence-corrected chi connectivity index (χ2v) is 7.33. The van der Waals surface area contributed by atoms with Crippen LogP contribution in [0.2, 0.25) is 0 Å². The minimum absolute atomic E-state index is 0.0838. The molecule has 0 spiro atoms. The molecule has 0 radical (unpaired) electrons. The molecule has 0 fully saturated rings. The lowest BCUT2D eigenvalue weighted by atomic mass is 10.0. The summed E-state index contributed by atoms with van der Waals surface area (Å²) in [6, 6.07) is 20.4. The van der Waals surface area contributed by atoms with Crippen molar-refractivity contribution in [2.24, 2.45) is 0 Å². The maximum atomic E-state index is 13.1. The quantitative estimate of drug-likeness (QED) is 0.466. The maximum absolute atomic E-state index is 13.1. The number of hydrogen-bond donors (Lipinski definition) is 0. The highest BCUT2D eigenvalue weighted by atomic mass is 16.1. The van der Waals surface area contributed by atoms with Crippen molar-refractivity contribution in [2.75, 3.05) is 0 Å². The van der Waals surface area contributed by atoms with Gasteiger partial charge in [0.15, 0.2) is 5.65 Å². The number of benzene rings is 3. The number of aryl methyl sites for hydroxylation is 1. The van der Waals surface area contributed by atoms with Crippen LogP contribution in [-0.2, 0) is 6.54 Å². The van der Waals surface area contributed by atoms with Gasteiger partial charge < -0.3 is 0 Å². The molecule has 5 aromatic rings. The van der Waals surface area contributed by atoms with E-state index >= 15 is 0 Å². The number of aromatic nitrogens is 4. The summed E-state index contributed by atoms with van der Waals surface area (Å²) in [4.78, 5) is 17.7. The number of fused-ring (bicyclic) bond motifs is 2. The van der Waals surface area contributed by atoms with Crippen molar-refractivity contribution < 1.29 is 0 Å². The predicted molar refractivity (Wildman–Crippen MR) is 116 cm³/mol. The van der Waals surface area contributed by atoms with Crippen LogP contribution in [0.1, 0.15) is 16.7 Å². The van der Waals surface area contributed by atoms with Gasteiger partial charge in [-0.25, -0.2) is 9.67 Å². The van der Waals surface area contributed by atoms with Gasteiger partial charge in [-0.3, -0.25) is 9.36 Å². The minimum Gasteiger partial charge on any atom is -0.294 e. The average Bonchev–Trinajstić information content (AvgIpc) is 3.17. The first-order chi connectivity index (χ1) is 14.1. The van der Waals surface area contributed by atoms with Crippen LogP contribution in [0, 0.1) is 13.8 Å². The van der Waals surface area contributed by atoms with E-state index in [1.54, 1.807) is 21.8 Å². The molecule has 0 N–H and O–H groups in total. The summed E-state index contributed by atoms with van der Waals surface area (Å²) >= 11 is 0. The summed E-state index contributed by atoms with van der Waals surface area (Å²) in [5.41, 5.74) is 4.83. The Balaban J connectivity index is 1.62. The number of nitrogens with zero attached hydrogens (tertiary/aromatic N) is 4. The molecule has 0 saturated heterocycles. The highest BCUT2D eigenvalue weighted by Crippen LogP contribution is 2.21. The first-order valence-electron chi connectivity index (χ1n) is 9.60. The molecular weight excluding hydrogens is 360 g/mol. The molecule has 0 aliphatic rings. The molecule has 142 valence electrons. The van der Waals surface area contributed by atoms with Crippen LogP contribution in [0.4, 0.5) is 0 Å². The molecule has 0 aliphatic carbocycles. The third-order valence-electron chi connectivity index (χ3n) is 5.58. The summed E-state index contributed by atoms with van der Waals surface area (Å²) in [5, 5.41) is 7.30. The number of hydrogen-bond acceptors (Lipinski definition) is 3. The van der Waals surface area contributed by atoms with Crippen molar-refractivity contribution in [3.63, 3.8) is 0 Å². The van der Waals surface area contributed by atoms with E-state index in [9.17, 15) is 4.79 Å². The molecule has 0 bridgehead atoms. The van der Waals surface area contributed by atoms with Gasteiger partial charge in [-0.1, -0.05) is 54.6 Å². The zero-order chi connectivity index (χ0) is 20.0. The van der Waals surface area contributed by atoms with Gasteiger partial charge >= 0.3 is 0 Å². The summed E-state index contributed by atoms with van der Waals surface area (Å²) in [5.74, 6) is 0. The van der Waals surface area contributed by atoms with Crippen LogP contribution in [0.3, 0.4) is 0 Å². The van der Waals surface area contributed by atoms with Crippen molar-refractivity contribution in [1.82, 2.24) is 19.3 Å². The van der Waals surface area contributed by atoms with Crippen LogP contribution in [0.25, 0.3) is 27.5 Å². The van der Waals surface area contributed by atoms with Crippen molar-refractivity contribution >= 4 is 21.8 Å². The SMILES string of the molecule is Cc1cccc(-n2ncc3c(=O)n(Cc4cccc5ccccc45)cnc32)c1C. The van der Waals surface area contributed by atoms with E-state index in [4.69, 9.17) is 0 Å². The molecule has 5 heteroatoms. The Labute approximate surface area is 167 Å². The molecule has 0 aliphatic heterocycles. The molecule has 3 aromatic carbocycles. The second-order valence-electron chi connectivity index (χ2n) is 7.33. The molecule has 2 aromatic heterocycles. The third-order valence-corrected chi connectivity index (χ3v) is 5.58. The van der Waals surface area contributed by atoms with Crippen LogP contribution < -0.4 is 5.56 Å². The zero-order valence-corrected chi connectivity index (χ0v) is 16.3. The van der Waals surface area contributed by atoms with E-state index < -0.39 is 0 Å². The van der Waals surface area contributed by atoms with Crippen LogP contribution >= 0.6 is 0 Å². The minimum atomic E-state index is -0.0838. The van der Waals surface area contributed by atoms with Crippen LogP contribution in [-0.4, -0.2) is 19.3 Å². The van der Waals surface area contributed by atoms with Crippen molar-refractivity contribution in [3.05, 3.63) is 100 Å². The Bertz CT molecular complexity index is 1420. The summed E-state index contributed by atoms with van der Waals surface area (Å²) < 4.78 is 3.40. The molecule has 0 atom stereocenters. The highest BCUT2D eigenvalue weighted by molar-refractivity contribution is 5.85. The molecule has 5 nitrogen and oxygen atoms in total. The molecule has 5 rings (SSSR count). The van der Waals surface area contributed by atoms with E-state index in [0.717, 1.165) is 27.6 Å². The standard InChI is InChI=1S/C24H20N4O/c1-16-7-5-12-22(17(16)2)28-23-21(13-26-28)24(29)27(15-25-23)14-19-10-6-9-18-8-3-4-11-20(18)19/h3-13,15H,14H2,1-2H3. The fourth-order valence-electron chi connectivity index (χ4n) is 3.82. The van der Waals surface area contributed by atoms with Gasteiger partial charge in [0, 0.05) is 0 Å². The molecule has 0 amide bonds. The lowest BCUT2D eigenvalue weighted by Crippen LogP contribution is -2.21. The van der Waals surface area contributed by atoms with Gasteiger partial charge in [-0.15, -0.1) is 0 Å². The Morgan fingerprint density at radius 1 is 0.897 bits per heavy atom. The molecule has 29 heavy (non-hydrogen) atoms. The summed E-state index contributed by atoms with van der Waals surface area (Å²) in [6.07, 6.45) is 3.24. The first kappa shape index (κ1) is 17.4. The Hall–Kier alpha value is -3.73. The van der Waals surface area contributed by atoms with Gasteiger partial charge in [-0.2, -0.15) is 5.10 Å². The van der Waals surface area contributed by atoms with E-state index in [1.807, 2.05) is 30.3 Å². The molecule has 2 heterocycles. The van der Waals surface area contributed by atoms with Crippen molar-refractivity contribution in [1.29, 1.82) is 0 Å². The van der Waals surface area contributed by atoms with E-state index in [0.29, 0.717) is 17.6 Å². The van der Waals surface area contributed by atoms with Gasteiger partial charge in [-0.05, 0) is 47.4 Å². The first-order valence-corrected chi connectivity index (χ1v) is 9.60. The second kappa shape index (κ2) is 6.71. The van der Waals surface area contributed by atoms with Crippen LogP contribution in [0.5, 0.6) is 0 Å². The summed E-state index contributed by atoms with van der Waals surface area (Å²) in [6.45, 7) is 4.59. The monoisotopic (exact) mass is 380 g/mol. The molecule has 0 unspecified atom stereocenters. The van der Waals surface area contributed by atoms with Crippen molar-refractivity contribution in [2.45, 2.75) is 20.4 Å². The van der Waals surface area contributed by atoms with Gasteiger partial charge in [0.05, 0.1) is 18.4 Å². The lowest BCUT2D eigenvalue weighted by molar-refractivity contribution is 0.749. The maximum Gasteiger partial charge on any atom is 0.264 e. The Morgan fingerprint density at radius 2 is 1.69 bits per heavy atom. The van der Waals surface area contributed by atoms with Gasteiger partial charge in [0.2, 0.25) is 0 Å². The predicted octanol–water partition coefficient (Wildman–Crippen LogP) is 4.40. The largest absolute Gasteiger partial charge is 0.294 e. The van der Waals surface area contributed by atoms with Gasteiger partial charge in [0.1, 0.15) is 11.7 Å². The van der Waals surface area contributed by atoms with E-state index in [1.165, 1.54) is 5.56 Å². The fraction of sp³-hybridized carbons (Fsp3) is 0.125. The van der Waals surface area contributed by atoms with Crippen molar-refractivity contribution in [3.8, 4) is 5.69 Å². The normalized spacial score (nSPS) is 11.4. The van der Waals surface area contributed by atoms with E-state index in [-0.39, 0.29) is 5.56 Å². The third kappa shape index (κ3) is 2.83. The fourth-order valence-corrected chi connectivity index (χ4v) is 3.82. The molecule has 0 saturated carbocycles. The van der Waals surface area contributed by atoms with Crippen LogP contribution in [0.15, 0.2) is 78.0 Å². The number of rotatable bonds is 3. The molecular formula is C24H20N4O. The van der Waals surface area contributed by atoms with E-state index in [2.05, 4.69) is 54.3 Å². The Kier molecular flexibility index (Phi) is 4.02. The smallest absolute Gasteiger partial charge is 0.264 e. The average molecular weight is 380 g/mol. The highest BCUT2D eigenvalue weighted by Gasteiger charge is 2.14. The Morgan fingerprint density at radius 3 is 2.59 bits per heavy atom. The summed E-state index contributed by atoms with van der Waals surface area (Å²) in [7, 11) is 0. The lowest BCUT2D eigenvalue weighted by Gasteiger charge is -2.11. The zero-order valence-electron chi connectivity index (χ0n) is 16.3.